The Morgan fingerprint density at radius 2 is 2.00 bits per heavy atom. The zero-order chi connectivity index (χ0) is 15.7. The number of amides is 1. The minimum atomic E-state index is -0.655. The number of aromatic nitrogens is 4. The predicted molar refractivity (Wildman–Crippen MR) is 75.0 cm³/mol. The molecular weight excluding hydrogens is 280 g/mol. The Bertz CT molecular complexity index is 815. The molecule has 4 N–H and O–H groups in total. The molecule has 0 saturated carbocycles. The van der Waals surface area contributed by atoms with Crippen molar-refractivity contribution in [1.82, 2.24) is 18.7 Å². The molecule has 0 aliphatic rings. The number of aliphatic hydroxyl groups is 1. The lowest BCUT2D eigenvalue weighted by molar-refractivity contribution is -0.118. The quantitative estimate of drug-likeness (QED) is 0.550. The van der Waals surface area contributed by atoms with E-state index < -0.39 is 17.2 Å². The molecule has 2 aromatic heterocycles. The van der Waals surface area contributed by atoms with Crippen molar-refractivity contribution in [3.63, 3.8) is 0 Å². The lowest BCUT2D eigenvalue weighted by atomic mass is 10.4. The highest BCUT2D eigenvalue weighted by atomic mass is 16.3. The SMILES string of the molecule is Cn1c(=O)c2c(nc(NCCO)n2CC(N)=O)n(C)c1=O. The number of nitrogens with zero attached hydrogens (tertiary/aromatic N) is 4. The molecule has 0 spiro atoms. The van der Waals surface area contributed by atoms with E-state index in [1.54, 1.807) is 0 Å². The summed E-state index contributed by atoms with van der Waals surface area (Å²) in [4.78, 5) is 39.5. The lowest BCUT2D eigenvalue weighted by Gasteiger charge is -2.08. The Labute approximate surface area is 118 Å². The number of rotatable bonds is 5. The molecule has 0 unspecified atom stereocenters. The molecule has 0 aliphatic heterocycles. The van der Waals surface area contributed by atoms with Crippen LogP contribution < -0.4 is 22.3 Å². The summed E-state index contributed by atoms with van der Waals surface area (Å²) in [6.45, 7) is -0.245. The summed E-state index contributed by atoms with van der Waals surface area (Å²) < 4.78 is 3.44. The first-order valence-electron chi connectivity index (χ1n) is 6.17. The van der Waals surface area contributed by atoms with Gasteiger partial charge in [-0.2, -0.15) is 4.98 Å². The lowest BCUT2D eigenvalue weighted by Crippen LogP contribution is -2.38. The van der Waals surface area contributed by atoms with Gasteiger partial charge in [0.2, 0.25) is 11.9 Å². The molecule has 10 nitrogen and oxygen atoms in total. The van der Waals surface area contributed by atoms with Gasteiger partial charge in [0.05, 0.1) is 6.61 Å². The fourth-order valence-electron chi connectivity index (χ4n) is 2.06. The van der Waals surface area contributed by atoms with Crippen LogP contribution in [0.1, 0.15) is 0 Å². The van der Waals surface area contributed by atoms with Crippen molar-refractivity contribution in [2.75, 3.05) is 18.5 Å². The summed E-state index contributed by atoms with van der Waals surface area (Å²) in [5.74, 6) is -0.464. The molecule has 2 aromatic rings. The molecule has 0 bridgehead atoms. The number of carbonyl (C=O) groups is 1. The molecule has 1 amide bonds. The minimum absolute atomic E-state index is 0.0961. The highest BCUT2D eigenvalue weighted by Gasteiger charge is 2.19. The predicted octanol–water partition coefficient (Wildman–Crippen LogP) is -2.68. The van der Waals surface area contributed by atoms with E-state index in [0.29, 0.717) is 0 Å². The largest absolute Gasteiger partial charge is 0.395 e. The number of fused-ring (bicyclic) bond motifs is 1. The van der Waals surface area contributed by atoms with E-state index in [-0.39, 0.29) is 36.8 Å². The van der Waals surface area contributed by atoms with Crippen molar-refractivity contribution < 1.29 is 9.90 Å². The van der Waals surface area contributed by atoms with Gasteiger partial charge in [-0.25, -0.2) is 4.79 Å². The van der Waals surface area contributed by atoms with Crippen LogP contribution in [0, 0.1) is 0 Å². The second kappa shape index (κ2) is 5.40. The highest BCUT2D eigenvalue weighted by molar-refractivity contribution is 5.80. The molecule has 0 fully saturated rings. The van der Waals surface area contributed by atoms with Gasteiger partial charge in [0.15, 0.2) is 11.2 Å². The first-order valence-corrected chi connectivity index (χ1v) is 6.17. The maximum atomic E-state index is 12.3. The van der Waals surface area contributed by atoms with E-state index in [9.17, 15) is 14.4 Å². The topological polar surface area (TPSA) is 137 Å². The van der Waals surface area contributed by atoms with Crippen molar-refractivity contribution >= 4 is 23.0 Å². The van der Waals surface area contributed by atoms with E-state index >= 15 is 0 Å². The van der Waals surface area contributed by atoms with Crippen LogP contribution in [0.5, 0.6) is 0 Å². The first-order chi connectivity index (χ1) is 9.88. The van der Waals surface area contributed by atoms with Gasteiger partial charge in [-0.05, 0) is 0 Å². The van der Waals surface area contributed by atoms with Gasteiger partial charge in [0.25, 0.3) is 5.56 Å². The molecular formula is C11H16N6O4. The Hall–Kier alpha value is -2.62. The zero-order valence-corrected chi connectivity index (χ0v) is 11.7. The van der Waals surface area contributed by atoms with Gasteiger partial charge in [-0.15, -0.1) is 0 Å². The van der Waals surface area contributed by atoms with Gasteiger partial charge < -0.3 is 16.2 Å². The summed E-state index contributed by atoms with van der Waals surface area (Å²) >= 11 is 0. The number of hydrogen-bond acceptors (Lipinski definition) is 6. The molecule has 0 aromatic carbocycles. The van der Waals surface area contributed by atoms with E-state index in [1.807, 2.05) is 0 Å². The summed E-state index contributed by atoms with van der Waals surface area (Å²) in [7, 11) is 2.81. The van der Waals surface area contributed by atoms with Crippen LogP contribution in [-0.2, 0) is 25.4 Å². The maximum Gasteiger partial charge on any atom is 0.332 e. The normalized spacial score (nSPS) is 11.0. The number of carbonyl (C=O) groups excluding carboxylic acids is 1. The third-order valence-electron chi connectivity index (χ3n) is 3.06. The summed E-state index contributed by atoms with van der Waals surface area (Å²) in [6, 6.07) is 0. The second-order valence-corrected chi connectivity index (χ2v) is 4.52. The third kappa shape index (κ3) is 2.40. The average Bonchev–Trinajstić information content (AvgIpc) is 2.78. The number of aryl methyl sites for hydroxylation is 1. The van der Waals surface area contributed by atoms with Crippen LogP contribution in [0.4, 0.5) is 5.95 Å². The summed E-state index contributed by atoms with van der Waals surface area (Å²) in [5.41, 5.74) is 4.33. The number of primary amides is 1. The van der Waals surface area contributed by atoms with Gasteiger partial charge in [-0.3, -0.25) is 23.3 Å². The van der Waals surface area contributed by atoms with Crippen molar-refractivity contribution in [2.24, 2.45) is 19.8 Å². The van der Waals surface area contributed by atoms with Crippen LogP contribution in [0.25, 0.3) is 11.2 Å². The number of imidazole rings is 1. The molecule has 0 radical (unpaired) electrons. The third-order valence-corrected chi connectivity index (χ3v) is 3.06. The zero-order valence-electron chi connectivity index (χ0n) is 11.7. The number of hydrogen-bond donors (Lipinski definition) is 3. The standard InChI is InChI=1S/C11H16N6O4/c1-15-8-7(9(20)16(2)11(15)21)17(5-6(12)19)10(14-8)13-3-4-18/h18H,3-5H2,1-2H3,(H2,12,19)(H,13,14). The van der Waals surface area contributed by atoms with Crippen LogP contribution in [0.15, 0.2) is 9.59 Å². The molecule has 114 valence electrons. The molecule has 2 heterocycles. The first kappa shape index (κ1) is 14.8. The molecule has 0 aliphatic carbocycles. The Kier molecular flexibility index (Phi) is 3.80. The van der Waals surface area contributed by atoms with E-state index in [4.69, 9.17) is 10.8 Å². The van der Waals surface area contributed by atoms with Crippen LogP contribution in [-0.4, -0.2) is 42.9 Å². The molecule has 2 rings (SSSR count). The Morgan fingerprint density at radius 1 is 1.33 bits per heavy atom. The van der Waals surface area contributed by atoms with E-state index in [1.165, 1.54) is 23.2 Å². The molecule has 21 heavy (non-hydrogen) atoms. The van der Waals surface area contributed by atoms with E-state index in [2.05, 4.69) is 10.3 Å². The number of anilines is 1. The second-order valence-electron chi connectivity index (χ2n) is 4.52. The molecule has 0 saturated heterocycles. The smallest absolute Gasteiger partial charge is 0.332 e. The van der Waals surface area contributed by atoms with Crippen molar-refractivity contribution in [3.05, 3.63) is 20.8 Å². The molecule has 0 atom stereocenters. The van der Waals surface area contributed by atoms with Crippen LogP contribution >= 0.6 is 0 Å². The average molecular weight is 296 g/mol. The monoisotopic (exact) mass is 296 g/mol. The van der Waals surface area contributed by atoms with Gasteiger partial charge >= 0.3 is 5.69 Å². The summed E-state index contributed by atoms with van der Waals surface area (Å²) in [6.07, 6.45) is 0. The van der Waals surface area contributed by atoms with Crippen LogP contribution in [0.2, 0.25) is 0 Å². The fourth-order valence-corrected chi connectivity index (χ4v) is 2.06. The number of aliphatic hydroxyl groups excluding tert-OH is 1. The van der Waals surface area contributed by atoms with Gasteiger partial charge in [0, 0.05) is 20.6 Å². The Balaban J connectivity index is 2.83. The van der Waals surface area contributed by atoms with Gasteiger partial charge in [-0.1, -0.05) is 0 Å². The molecule has 10 heteroatoms. The minimum Gasteiger partial charge on any atom is -0.395 e. The van der Waals surface area contributed by atoms with Crippen LogP contribution in [0.3, 0.4) is 0 Å². The highest BCUT2D eigenvalue weighted by Crippen LogP contribution is 2.14. The number of nitrogens with two attached hydrogens (primary N) is 1. The number of nitrogens with one attached hydrogen (secondary N) is 1. The maximum absolute atomic E-state index is 12.3. The summed E-state index contributed by atoms with van der Waals surface area (Å²) in [5, 5.41) is 11.6. The van der Waals surface area contributed by atoms with Gasteiger partial charge in [0.1, 0.15) is 6.54 Å². The van der Waals surface area contributed by atoms with Crippen molar-refractivity contribution in [1.29, 1.82) is 0 Å². The fraction of sp³-hybridized carbons (Fsp3) is 0.455. The van der Waals surface area contributed by atoms with E-state index in [0.717, 1.165) is 4.57 Å². The van der Waals surface area contributed by atoms with Crippen molar-refractivity contribution in [3.8, 4) is 0 Å². The van der Waals surface area contributed by atoms with Crippen molar-refractivity contribution in [2.45, 2.75) is 6.54 Å². The Morgan fingerprint density at radius 3 is 2.57 bits per heavy atom.